The third kappa shape index (κ3) is 9.63. The van der Waals surface area contributed by atoms with Crippen LogP contribution < -0.4 is 34.7 Å². The molecule has 2 aromatic heterocycles. The van der Waals surface area contributed by atoms with Crippen LogP contribution >= 0.6 is 0 Å². The molecule has 2 aromatic rings. The molecule has 0 aliphatic carbocycles. The summed E-state index contributed by atoms with van der Waals surface area (Å²) in [5, 5.41) is 44.2. The van der Waals surface area contributed by atoms with Crippen LogP contribution in [0, 0.1) is 41.4 Å². The molecule has 2 N–H and O–H groups in total. The Bertz CT molecular complexity index is 1940. The molecule has 14 nitrogen and oxygen atoms in total. The molecule has 2 spiro atoms. The van der Waals surface area contributed by atoms with Crippen molar-refractivity contribution in [1.29, 1.82) is 0 Å². The van der Waals surface area contributed by atoms with Gasteiger partial charge in [-0.1, -0.05) is 72.7 Å². The Morgan fingerprint density at radius 2 is 1.67 bits per heavy atom. The Kier molecular flexibility index (Phi) is 16.2. The van der Waals surface area contributed by atoms with Crippen molar-refractivity contribution in [2.75, 3.05) is 0 Å². The minimum Gasteiger partial charge on any atom is -0.550 e. The van der Waals surface area contributed by atoms with Crippen LogP contribution in [0.3, 0.4) is 0 Å². The Morgan fingerprint density at radius 3 is 2.31 bits per heavy atom. The van der Waals surface area contributed by atoms with E-state index < -0.39 is 82.9 Å². The van der Waals surface area contributed by atoms with Gasteiger partial charge in [-0.15, -0.1) is 5.10 Å². The Morgan fingerprint density at radius 1 is 0.938 bits per heavy atom. The minimum atomic E-state index is -1.27. The normalized spacial score (nSPS) is 40.0. The fraction of sp³-hybridized carbons (Fsp3) is 0.776. The third-order valence-electron chi connectivity index (χ3n) is 16.2. The average molecular weight is 901 g/mol. The molecule has 0 unspecified atom stereocenters. The summed E-state index contributed by atoms with van der Waals surface area (Å²) >= 11 is 0. The van der Waals surface area contributed by atoms with Crippen LogP contribution in [-0.2, 0) is 33.3 Å². The van der Waals surface area contributed by atoms with Crippen molar-refractivity contribution in [1.82, 2.24) is 20.0 Å². The van der Waals surface area contributed by atoms with Crippen LogP contribution in [0.4, 0.5) is 0 Å². The van der Waals surface area contributed by atoms with Crippen molar-refractivity contribution in [3.63, 3.8) is 0 Å². The van der Waals surface area contributed by atoms with E-state index in [9.17, 15) is 24.9 Å². The van der Waals surface area contributed by atoms with Gasteiger partial charge in [0.1, 0.15) is 17.5 Å². The third-order valence-corrected chi connectivity index (χ3v) is 16.2. The molecule has 5 aliphatic heterocycles. The molecule has 18 atom stereocenters. The van der Waals surface area contributed by atoms with E-state index in [1.165, 1.54) is 0 Å². The zero-order valence-electron chi connectivity index (χ0n) is 40.1. The van der Waals surface area contributed by atoms with Crippen molar-refractivity contribution >= 4 is 11.8 Å². The summed E-state index contributed by atoms with van der Waals surface area (Å²) < 4.78 is 36.8. The topological polar surface area (TPSA) is 187 Å². The number of pyridine rings is 1. The first kappa shape index (κ1) is 51.3. The van der Waals surface area contributed by atoms with E-state index in [2.05, 4.69) is 49.1 Å². The van der Waals surface area contributed by atoms with Crippen molar-refractivity contribution in [2.45, 2.75) is 199 Å². The molecule has 0 bridgehead atoms. The molecule has 64 heavy (non-hydrogen) atoms. The minimum absolute atomic E-state index is 0. The van der Waals surface area contributed by atoms with Crippen molar-refractivity contribution in [3.05, 3.63) is 42.7 Å². The Labute approximate surface area is 402 Å². The number of aromatic nitrogens is 4. The van der Waals surface area contributed by atoms with E-state index in [0.29, 0.717) is 69.2 Å². The van der Waals surface area contributed by atoms with Crippen LogP contribution in [0.15, 0.2) is 42.7 Å². The number of aliphatic hydroxyl groups is 2. The zero-order chi connectivity index (χ0) is 45.6. The van der Waals surface area contributed by atoms with Gasteiger partial charge in [0.05, 0.1) is 59.7 Å². The number of carbonyl (C=O) groups is 2. The Hall–Kier alpha value is -2.11. The number of hydrogen-bond acceptors (Lipinski definition) is 13. The quantitative estimate of drug-likeness (QED) is 0.208. The molecular formula is C49H73N4NaO10. The average Bonchev–Trinajstić information content (AvgIpc) is 3.89. The van der Waals surface area contributed by atoms with Gasteiger partial charge in [-0.25, -0.2) is 4.68 Å². The number of aliphatic carboxylic acids is 1. The first-order valence-corrected chi connectivity index (χ1v) is 23.9. The summed E-state index contributed by atoms with van der Waals surface area (Å²) in [7, 11) is 0. The maximum atomic E-state index is 14.7. The zero-order valence-corrected chi connectivity index (χ0v) is 42.1. The van der Waals surface area contributed by atoms with Gasteiger partial charge in [0, 0.05) is 48.2 Å². The number of hydrogen-bond donors (Lipinski definition) is 2. The summed E-state index contributed by atoms with van der Waals surface area (Å²) in [4.78, 5) is 31.2. The molecule has 4 fully saturated rings. The molecule has 350 valence electrons. The SMILES string of the molecule is CC[C@@H](C(=O)[C@@H](C)[C@@H](O)[C@H](C)[C@@H]1O[C@@H]([C@@H](CC)C(=O)[O-])CC[C@@H]1C)[C@H]1O[C@]2(C=C[C@H](n3cc(-c4ccccn4)nn3)[C@]3(CC[C@@](C)([C@H]4CC[C@](O)(CC)[C@H](C)O4)O3)O2)[C@H](C)C[C@@H]1C.[Na+]. The number of carboxylic acids is 1. The van der Waals surface area contributed by atoms with Gasteiger partial charge < -0.3 is 43.8 Å². The molecule has 0 amide bonds. The summed E-state index contributed by atoms with van der Waals surface area (Å²) in [6.45, 7) is 19.8. The van der Waals surface area contributed by atoms with Crippen molar-refractivity contribution in [2.24, 2.45) is 41.4 Å². The van der Waals surface area contributed by atoms with E-state index in [1.54, 1.807) is 17.8 Å². The molecule has 15 heteroatoms. The van der Waals surface area contributed by atoms with E-state index in [0.717, 1.165) is 6.42 Å². The van der Waals surface area contributed by atoms with Gasteiger partial charge in [-0.3, -0.25) is 9.78 Å². The van der Waals surface area contributed by atoms with Crippen LogP contribution in [0.25, 0.3) is 11.4 Å². The maximum Gasteiger partial charge on any atom is 1.00 e. The first-order chi connectivity index (χ1) is 29.8. The Balaban J connectivity index is 0.00000680. The van der Waals surface area contributed by atoms with E-state index in [1.807, 2.05) is 65.1 Å². The fourth-order valence-corrected chi connectivity index (χ4v) is 11.8. The fourth-order valence-electron chi connectivity index (χ4n) is 11.8. The summed E-state index contributed by atoms with van der Waals surface area (Å²) in [6, 6.07) is 5.11. The van der Waals surface area contributed by atoms with Crippen molar-refractivity contribution < 1.29 is 78.2 Å². The van der Waals surface area contributed by atoms with Gasteiger partial charge in [-0.05, 0) is 102 Å². The molecule has 7 rings (SSSR count). The summed E-state index contributed by atoms with van der Waals surface area (Å²) in [5.74, 6) is -6.23. The second-order valence-corrected chi connectivity index (χ2v) is 20.2. The van der Waals surface area contributed by atoms with E-state index in [4.69, 9.17) is 23.7 Å². The van der Waals surface area contributed by atoms with Crippen LogP contribution in [0.2, 0.25) is 0 Å². The predicted molar refractivity (Wildman–Crippen MR) is 232 cm³/mol. The van der Waals surface area contributed by atoms with Gasteiger partial charge in [0.2, 0.25) is 0 Å². The second kappa shape index (κ2) is 20.2. The van der Waals surface area contributed by atoms with Crippen molar-refractivity contribution in [3.8, 4) is 11.4 Å². The van der Waals surface area contributed by atoms with E-state index >= 15 is 0 Å². The summed E-state index contributed by atoms with van der Waals surface area (Å²) in [5.41, 5.74) is -0.367. The number of nitrogens with zero attached hydrogens (tertiary/aromatic N) is 4. The molecule has 4 saturated heterocycles. The first-order valence-electron chi connectivity index (χ1n) is 23.9. The number of Topliss-reactive ketones (excluding diaryl/α,β-unsaturated/α-hetero) is 1. The van der Waals surface area contributed by atoms with Crippen LogP contribution in [-0.4, -0.2) is 101 Å². The number of ether oxygens (including phenoxy) is 5. The van der Waals surface area contributed by atoms with E-state index in [-0.39, 0.29) is 65.3 Å². The molecule has 0 aromatic carbocycles. The molecule has 7 heterocycles. The van der Waals surface area contributed by atoms with Gasteiger partial charge >= 0.3 is 29.6 Å². The number of aliphatic hydroxyl groups excluding tert-OH is 1. The van der Waals surface area contributed by atoms with Gasteiger partial charge in [0.15, 0.2) is 11.6 Å². The molecule has 0 saturated carbocycles. The molecular weight excluding hydrogens is 828 g/mol. The monoisotopic (exact) mass is 901 g/mol. The molecule has 0 radical (unpaired) electrons. The smallest absolute Gasteiger partial charge is 0.550 e. The number of carbonyl (C=O) groups excluding carboxylic acids is 2. The standard InChI is InChI=1S/C49H74N4O10.Na/c1-11-34(45(56)57)38-18-17-28(4)43(60-38)32(8)41(54)31(7)42(55)35(12-2)44-29(5)26-30(6)48(61-44)22-19-39(53-27-37(51-52-53)36-16-14-15-25-50-36)49(63-48)24-23-46(10,62-49)40-20-21-47(58,13-3)33(9)59-40;/h14-16,19,22,25,27-35,38-41,43-44,54,58H,11-13,17-18,20-21,23-24,26H2,1-10H3,(H,56,57);/q;+1/p-1/t28-,29-,30+,31-,32-,33-,34+,35-,38+,39-,40+,41+,43+,44-,46-,47+,48-,49-;/m0./s1. The van der Waals surface area contributed by atoms with Crippen LogP contribution in [0.1, 0.15) is 139 Å². The molecule has 5 aliphatic rings. The predicted octanol–water partition coefficient (Wildman–Crippen LogP) is 3.39. The maximum absolute atomic E-state index is 14.7. The largest absolute Gasteiger partial charge is 1.00 e. The van der Waals surface area contributed by atoms with Gasteiger partial charge in [-0.2, -0.15) is 0 Å². The van der Waals surface area contributed by atoms with Gasteiger partial charge in [0.25, 0.3) is 0 Å². The number of carboxylic acid groups (broad SMARTS) is 1. The number of rotatable bonds is 14. The second-order valence-electron chi connectivity index (χ2n) is 20.2. The van der Waals surface area contributed by atoms with Crippen LogP contribution in [0.5, 0.6) is 0 Å². The summed E-state index contributed by atoms with van der Waals surface area (Å²) in [6.07, 6.45) is 10.4. The number of ketones is 1.